The zero-order valence-corrected chi connectivity index (χ0v) is 12.5. The van der Waals surface area contributed by atoms with E-state index in [1.807, 2.05) is 0 Å². The predicted octanol–water partition coefficient (Wildman–Crippen LogP) is 0.435. The minimum Gasteiger partial charge on any atom is -0.444 e. The van der Waals surface area contributed by atoms with Crippen LogP contribution < -0.4 is 11.1 Å². The van der Waals surface area contributed by atoms with Crippen LogP contribution in [0.4, 0.5) is 4.79 Å². The summed E-state index contributed by atoms with van der Waals surface area (Å²) in [7, 11) is 0. The van der Waals surface area contributed by atoms with E-state index in [4.69, 9.17) is 15.2 Å². The van der Waals surface area contributed by atoms with Crippen LogP contribution in [-0.2, 0) is 14.3 Å². The first-order valence-corrected chi connectivity index (χ1v) is 6.87. The van der Waals surface area contributed by atoms with E-state index >= 15 is 0 Å². The summed E-state index contributed by atoms with van der Waals surface area (Å²) < 4.78 is 10.2. The molecular weight excluding hydrogens is 262 g/mol. The summed E-state index contributed by atoms with van der Waals surface area (Å²) >= 11 is 0. The SMILES string of the molecule is CC(C)(C)OC(=O)NCC(=O)N1CCC[C@H]1COCN. The molecule has 0 aliphatic carbocycles. The molecule has 7 nitrogen and oxygen atoms in total. The quantitative estimate of drug-likeness (QED) is 0.715. The average molecular weight is 287 g/mol. The van der Waals surface area contributed by atoms with Crippen LogP contribution in [0, 0.1) is 0 Å². The van der Waals surface area contributed by atoms with Gasteiger partial charge in [-0.2, -0.15) is 0 Å². The Balaban J connectivity index is 2.36. The molecule has 0 unspecified atom stereocenters. The lowest BCUT2D eigenvalue weighted by molar-refractivity contribution is -0.132. The van der Waals surface area contributed by atoms with Crippen molar-refractivity contribution in [3.05, 3.63) is 0 Å². The summed E-state index contributed by atoms with van der Waals surface area (Å²) in [6, 6.07) is 0.0477. The minimum atomic E-state index is -0.584. The van der Waals surface area contributed by atoms with Gasteiger partial charge in [-0.1, -0.05) is 0 Å². The van der Waals surface area contributed by atoms with Crippen LogP contribution in [0.3, 0.4) is 0 Å². The number of amides is 2. The van der Waals surface area contributed by atoms with Crippen molar-refractivity contribution in [2.24, 2.45) is 5.73 Å². The first kappa shape index (κ1) is 16.7. The van der Waals surface area contributed by atoms with Gasteiger partial charge in [0, 0.05) is 6.54 Å². The molecular formula is C13H25N3O4. The molecule has 1 saturated heterocycles. The predicted molar refractivity (Wildman–Crippen MR) is 74.0 cm³/mol. The topological polar surface area (TPSA) is 93.9 Å². The Morgan fingerprint density at radius 3 is 2.70 bits per heavy atom. The molecule has 0 saturated carbocycles. The van der Waals surface area contributed by atoms with Crippen molar-refractivity contribution in [2.45, 2.75) is 45.3 Å². The van der Waals surface area contributed by atoms with Gasteiger partial charge >= 0.3 is 6.09 Å². The number of alkyl carbamates (subject to hydrolysis) is 1. The second kappa shape index (κ2) is 7.44. The van der Waals surface area contributed by atoms with Crippen LogP contribution in [0.1, 0.15) is 33.6 Å². The van der Waals surface area contributed by atoms with Crippen LogP contribution >= 0.6 is 0 Å². The molecule has 20 heavy (non-hydrogen) atoms. The Kier molecular flexibility index (Phi) is 6.22. The summed E-state index contributed by atoms with van der Waals surface area (Å²) in [5.41, 5.74) is 4.71. The van der Waals surface area contributed by atoms with Gasteiger partial charge in [0.15, 0.2) is 0 Å². The number of nitrogens with one attached hydrogen (secondary N) is 1. The molecule has 3 N–H and O–H groups in total. The van der Waals surface area contributed by atoms with Gasteiger partial charge in [-0.25, -0.2) is 4.79 Å². The standard InChI is InChI=1S/C13H25N3O4/c1-13(2,3)20-12(18)15-7-11(17)16-6-4-5-10(16)8-19-9-14/h10H,4-9,14H2,1-3H3,(H,15,18)/t10-/m0/s1. The van der Waals surface area contributed by atoms with Crippen molar-refractivity contribution in [1.29, 1.82) is 0 Å². The number of nitrogens with zero attached hydrogens (tertiary/aromatic N) is 1. The van der Waals surface area contributed by atoms with Gasteiger partial charge in [-0.05, 0) is 33.6 Å². The van der Waals surface area contributed by atoms with Crippen molar-refractivity contribution in [3.63, 3.8) is 0 Å². The van der Waals surface area contributed by atoms with E-state index in [-0.39, 0.29) is 25.2 Å². The Hall–Kier alpha value is -1.34. The van der Waals surface area contributed by atoms with E-state index in [0.717, 1.165) is 12.8 Å². The van der Waals surface area contributed by atoms with E-state index in [9.17, 15) is 9.59 Å². The molecule has 0 aromatic carbocycles. The van der Waals surface area contributed by atoms with E-state index in [1.165, 1.54) is 0 Å². The van der Waals surface area contributed by atoms with E-state index in [1.54, 1.807) is 25.7 Å². The Bertz CT molecular complexity index is 341. The molecule has 7 heteroatoms. The van der Waals surface area contributed by atoms with E-state index < -0.39 is 11.7 Å². The fourth-order valence-electron chi connectivity index (χ4n) is 2.10. The van der Waals surface area contributed by atoms with Crippen LogP contribution in [0.2, 0.25) is 0 Å². The molecule has 2 amide bonds. The third-order valence-electron chi connectivity index (χ3n) is 2.91. The maximum atomic E-state index is 12.1. The number of likely N-dealkylation sites (tertiary alicyclic amines) is 1. The second-order valence-corrected chi connectivity index (χ2v) is 5.78. The van der Waals surface area contributed by atoms with Crippen molar-refractivity contribution in [3.8, 4) is 0 Å². The fraction of sp³-hybridized carbons (Fsp3) is 0.846. The molecule has 1 aliphatic heterocycles. The van der Waals surface area contributed by atoms with Crippen LogP contribution in [0.25, 0.3) is 0 Å². The van der Waals surface area contributed by atoms with Crippen molar-refractivity contribution < 1.29 is 19.1 Å². The highest BCUT2D eigenvalue weighted by Crippen LogP contribution is 2.17. The first-order valence-electron chi connectivity index (χ1n) is 6.87. The molecule has 0 bridgehead atoms. The number of carbonyl (C=O) groups excluding carboxylic acids is 2. The normalized spacial score (nSPS) is 19.0. The van der Waals surface area contributed by atoms with Crippen molar-refractivity contribution in [2.75, 3.05) is 26.4 Å². The summed E-state index contributed by atoms with van der Waals surface area (Å²) in [5, 5.41) is 2.47. The maximum Gasteiger partial charge on any atom is 0.408 e. The van der Waals surface area contributed by atoms with Gasteiger partial charge in [0.1, 0.15) is 12.1 Å². The van der Waals surface area contributed by atoms with Gasteiger partial charge in [0.2, 0.25) is 5.91 Å². The fourth-order valence-corrected chi connectivity index (χ4v) is 2.10. The molecule has 116 valence electrons. The molecule has 0 radical (unpaired) electrons. The van der Waals surface area contributed by atoms with Crippen molar-refractivity contribution in [1.82, 2.24) is 10.2 Å². The van der Waals surface area contributed by atoms with Gasteiger partial charge < -0.3 is 25.4 Å². The molecule has 0 spiro atoms. The zero-order chi connectivity index (χ0) is 15.2. The van der Waals surface area contributed by atoms with Gasteiger partial charge in [-0.3, -0.25) is 4.79 Å². The number of carbonyl (C=O) groups is 2. The van der Waals surface area contributed by atoms with Crippen molar-refractivity contribution >= 4 is 12.0 Å². The smallest absolute Gasteiger partial charge is 0.408 e. The first-order chi connectivity index (χ1) is 9.33. The summed E-state index contributed by atoms with van der Waals surface area (Å²) in [6.45, 7) is 6.53. The summed E-state index contributed by atoms with van der Waals surface area (Å²) in [4.78, 5) is 25.3. The number of hydrogen-bond donors (Lipinski definition) is 2. The Morgan fingerprint density at radius 1 is 1.40 bits per heavy atom. The molecule has 1 heterocycles. The largest absolute Gasteiger partial charge is 0.444 e. The van der Waals surface area contributed by atoms with E-state index in [2.05, 4.69) is 5.32 Å². The number of rotatable bonds is 5. The molecule has 0 aromatic heterocycles. The lowest BCUT2D eigenvalue weighted by atomic mass is 10.2. The molecule has 1 rings (SSSR count). The van der Waals surface area contributed by atoms with Crippen LogP contribution in [-0.4, -0.2) is 55.0 Å². The third kappa shape index (κ3) is 5.75. The summed E-state index contributed by atoms with van der Waals surface area (Å²) in [5.74, 6) is -0.126. The van der Waals surface area contributed by atoms with Crippen LogP contribution in [0.15, 0.2) is 0 Å². The Labute approximate surface area is 119 Å². The number of nitrogens with two attached hydrogens (primary N) is 1. The molecule has 1 atom stereocenters. The lowest BCUT2D eigenvalue weighted by Crippen LogP contribution is -2.45. The highest BCUT2D eigenvalue weighted by Gasteiger charge is 2.29. The monoisotopic (exact) mass is 287 g/mol. The van der Waals surface area contributed by atoms with Gasteiger partial charge in [0.05, 0.1) is 19.4 Å². The number of hydrogen-bond acceptors (Lipinski definition) is 5. The lowest BCUT2D eigenvalue weighted by Gasteiger charge is -2.25. The number of ether oxygens (including phenoxy) is 2. The molecule has 1 aliphatic rings. The second-order valence-electron chi connectivity index (χ2n) is 5.78. The third-order valence-corrected chi connectivity index (χ3v) is 2.91. The average Bonchev–Trinajstić information content (AvgIpc) is 2.79. The van der Waals surface area contributed by atoms with E-state index in [0.29, 0.717) is 13.2 Å². The van der Waals surface area contributed by atoms with Crippen LogP contribution in [0.5, 0.6) is 0 Å². The molecule has 1 fully saturated rings. The van der Waals surface area contributed by atoms with Gasteiger partial charge in [-0.15, -0.1) is 0 Å². The molecule has 0 aromatic rings. The highest BCUT2D eigenvalue weighted by atomic mass is 16.6. The minimum absolute atomic E-state index is 0.0477. The van der Waals surface area contributed by atoms with Gasteiger partial charge in [0.25, 0.3) is 0 Å². The maximum absolute atomic E-state index is 12.1. The highest BCUT2D eigenvalue weighted by molar-refractivity contribution is 5.82. The summed E-state index contributed by atoms with van der Waals surface area (Å²) in [6.07, 6.45) is 1.26. The Morgan fingerprint density at radius 2 is 2.10 bits per heavy atom. The zero-order valence-electron chi connectivity index (χ0n) is 12.5.